The van der Waals surface area contributed by atoms with E-state index in [1.165, 1.54) is 0 Å². The molecule has 5 rings (SSSR count). The maximum Gasteiger partial charge on any atom is 0.254 e. The van der Waals surface area contributed by atoms with Gasteiger partial charge in [0.15, 0.2) is 17.1 Å². The number of carbonyl (C=O) groups excluding carboxylic acids is 1. The number of carbonyl (C=O) groups is 1. The molecule has 2 aliphatic heterocycles. The van der Waals surface area contributed by atoms with Gasteiger partial charge in [-0.25, -0.2) is 4.98 Å². The summed E-state index contributed by atoms with van der Waals surface area (Å²) in [5.41, 5.74) is 2.43. The van der Waals surface area contributed by atoms with Crippen LogP contribution in [0, 0.1) is 0 Å². The molecule has 7 heteroatoms. The molecule has 1 amide bonds. The predicted octanol–water partition coefficient (Wildman–Crippen LogP) is 2.71. The fourth-order valence-electron chi connectivity index (χ4n) is 3.68. The van der Waals surface area contributed by atoms with Crippen molar-refractivity contribution in [3.05, 3.63) is 47.8 Å². The normalized spacial score (nSPS) is 19.1. The fourth-order valence-corrected chi connectivity index (χ4v) is 3.68. The maximum atomic E-state index is 12.9. The second-order valence-electron chi connectivity index (χ2n) is 6.70. The summed E-state index contributed by atoms with van der Waals surface area (Å²) >= 11 is 0. The third kappa shape index (κ3) is 2.56. The molecule has 1 saturated heterocycles. The van der Waals surface area contributed by atoms with Gasteiger partial charge in [0.25, 0.3) is 5.91 Å². The lowest BCUT2D eigenvalue weighted by atomic mass is 9.93. The quantitative estimate of drug-likeness (QED) is 0.769. The lowest BCUT2D eigenvalue weighted by Gasteiger charge is -2.32. The standard InChI is InChI=1S/C19H18N4O3/c24-19(12-4-6-16-17(8-12)26-11-25-16)23-7-1-2-14(10-23)15-5-3-13-9-20-22-18(13)21-15/h3-6,8-9,14H,1-2,7,10-11H2,(H,20,21,22)/t14-/m1/s1. The number of H-pyrrole nitrogens is 1. The van der Waals surface area contributed by atoms with E-state index in [9.17, 15) is 4.79 Å². The van der Waals surface area contributed by atoms with Gasteiger partial charge in [0.2, 0.25) is 6.79 Å². The maximum absolute atomic E-state index is 12.9. The molecule has 26 heavy (non-hydrogen) atoms. The molecule has 0 bridgehead atoms. The molecular formula is C19H18N4O3. The van der Waals surface area contributed by atoms with Crippen LogP contribution in [-0.4, -0.2) is 45.9 Å². The monoisotopic (exact) mass is 350 g/mol. The third-order valence-corrected chi connectivity index (χ3v) is 5.07. The van der Waals surface area contributed by atoms with E-state index in [2.05, 4.69) is 15.2 Å². The van der Waals surface area contributed by atoms with Crippen molar-refractivity contribution in [2.45, 2.75) is 18.8 Å². The summed E-state index contributed by atoms with van der Waals surface area (Å²) in [6.07, 6.45) is 3.75. The highest BCUT2D eigenvalue weighted by Crippen LogP contribution is 2.34. The number of hydrogen-bond donors (Lipinski definition) is 1. The average molecular weight is 350 g/mol. The molecule has 0 saturated carbocycles. The number of nitrogens with zero attached hydrogens (tertiary/aromatic N) is 3. The third-order valence-electron chi connectivity index (χ3n) is 5.07. The van der Waals surface area contributed by atoms with Gasteiger partial charge in [-0.1, -0.05) is 0 Å². The Labute approximate surface area is 149 Å². The smallest absolute Gasteiger partial charge is 0.254 e. The van der Waals surface area contributed by atoms with Gasteiger partial charge in [0.1, 0.15) is 0 Å². The van der Waals surface area contributed by atoms with Crippen molar-refractivity contribution in [2.75, 3.05) is 19.9 Å². The summed E-state index contributed by atoms with van der Waals surface area (Å²) in [5.74, 6) is 1.58. The molecule has 132 valence electrons. The summed E-state index contributed by atoms with van der Waals surface area (Å²) in [4.78, 5) is 19.5. The van der Waals surface area contributed by atoms with Gasteiger partial charge in [-0.15, -0.1) is 0 Å². The minimum absolute atomic E-state index is 0.0237. The van der Waals surface area contributed by atoms with Crippen LogP contribution in [0.15, 0.2) is 36.5 Å². The minimum atomic E-state index is 0.0237. The molecule has 2 aliphatic rings. The summed E-state index contributed by atoms with van der Waals surface area (Å²) in [6.45, 7) is 1.64. The lowest BCUT2D eigenvalue weighted by molar-refractivity contribution is 0.0705. The Morgan fingerprint density at radius 1 is 1.19 bits per heavy atom. The predicted molar refractivity (Wildman–Crippen MR) is 94.3 cm³/mol. The minimum Gasteiger partial charge on any atom is -0.454 e. The van der Waals surface area contributed by atoms with Crippen LogP contribution in [-0.2, 0) is 0 Å². The Morgan fingerprint density at radius 2 is 2.12 bits per heavy atom. The van der Waals surface area contributed by atoms with E-state index in [0.29, 0.717) is 23.6 Å². The van der Waals surface area contributed by atoms with E-state index in [1.807, 2.05) is 17.0 Å². The highest BCUT2D eigenvalue weighted by molar-refractivity contribution is 5.95. The summed E-state index contributed by atoms with van der Waals surface area (Å²) in [5, 5.41) is 7.94. The Hall–Kier alpha value is -3.09. The molecule has 0 unspecified atom stereocenters. The lowest BCUT2D eigenvalue weighted by Crippen LogP contribution is -2.39. The Bertz CT molecular complexity index is 984. The number of hydrogen-bond acceptors (Lipinski definition) is 5. The van der Waals surface area contributed by atoms with Crippen molar-refractivity contribution in [3.8, 4) is 11.5 Å². The molecule has 0 aliphatic carbocycles. The summed E-state index contributed by atoms with van der Waals surface area (Å²) in [7, 11) is 0. The van der Waals surface area contributed by atoms with Crippen molar-refractivity contribution in [3.63, 3.8) is 0 Å². The zero-order valence-corrected chi connectivity index (χ0v) is 14.1. The van der Waals surface area contributed by atoms with Crippen LogP contribution in [0.2, 0.25) is 0 Å². The van der Waals surface area contributed by atoms with Crippen molar-refractivity contribution >= 4 is 16.9 Å². The van der Waals surface area contributed by atoms with E-state index in [-0.39, 0.29) is 18.6 Å². The van der Waals surface area contributed by atoms with E-state index < -0.39 is 0 Å². The number of benzene rings is 1. The topological polar surface area (TPSA) is 80.3 Å². The zero-order valence-electron chi connectivity index (χ0n) is 14.1. The van der Waals surface area contributed by atoms with Crippen LogP contribution >= 0.6 is 0 Å². The van der Waals surface area contributed by atoms with Crippen LogP contribution in [0.5, 0.6) is 11.5 Å². The number of aromatic amines is 1. The molecule has 2 aromatic heterocycles. The molecule has 3 aromatic rings. The van der Waals surface area contributed by atoms with Gasteiger partial charge >= 0.3 is 0 Å². The molecular weight excluding hydrogens is 332 g/mol. The molecule has 1 N–H and O–H groups in total. The highest BCUT2D eigenvalue weighted by Gasteiger charge is 2.27. The number of amides is 1. The van der Waals surface area contributed by atoms with E-state index in [0.717, 1.165) is 36.1 Å². The van der Waals surface area contributed by atoms with Crippen molar-refractivity contribution in [1.82, 2.24) is 20.1 Å². The molecule has 0 spiro atoms. The molecule has 0 radical (unpaired) electrons. The van der Waals surface area contributed by atoms with Crippen LogP contribution in [0.25, 0.3) is 11.0 Å². The van der Waals surface area contributed by atoms with Crippen LogP contribution in [0.3, 0.4) is 0 Å². The molecule has 4 heterocycles. The first-order valence-corrected chi connectivity index (χ1v) is 8.77. The molecule has 1 fully saturated rings. The van der Waals surface area contributed by atoms with Crippen molar-refractivity contribution < 1.29 is 14.3 Å². The number of ether oxygens (including phenoxy) is 2. The number of pyridine rings is 1. The first kappa shape index (κ1) is 15.2. The Morgan fingerprint density at radius 3 is 3.08 bits per heavy atom. The van der Waals surface area contributed by atoms with Crippen LogP contribution in [0.1, 0.15) is 34.8 Å². The van der Waals surface area contributed by atoms with Gasteiger partial charge in [0, 0.05) is 35.7 Å². The van der Waals surface area contributed by atoms with Gasteiger partial charge in [-0.2, -0.15) is 5.10 Å². The van der Waals surface area contributed by atoms with Crippen LogP contribution < -0.4 is 9.47 Å². The number of fused-ring (bicyclic) bond motifs is 2. The van der Waals surface area contributed by atoms with Crippen molar-refractivity contribution in [1.29, 1.82) is 0 Å². The summed E-state index contributed by atoms with van der Waals surface area (Å²) < 4.78 is 10.7. The number of nitrogens with one attached hydrogen (secondary N) is 1. The highest BCUT2D eigenvalue weighted by atomic mass is 16.7. The van der Waals surface area contributed by atoms with E-state index in [1.54, 1.807) is 24.4 Å². The van der Waals surface area contributed by atoms with Gasteiger partial charge in [0.05, 0.1) is 6.20 Å². The zero-order chi connectivity index (χ0) is 17.5. The van der Waals surface area contributed by atoms with E-state index >= 15 is 0 Å². The van der Waals surface area contributed by atoms with Crippen LogP contribution in [0.4, 0.5) is 0 Å². The van der Waals surface area contributed by atoms with Gasteiger partial charge < -0.3 is 14.4 Å². The Kier molecular flexibility index (Phi) is 3.51. The average Bonchev–Trinajstić information content (AvgIpc) is 3.35. The van der Waals surface area contributed by atoms with E-state index in [4.69, 9.17) is 9.47 Å². The van der Waals surface area contributed by atoms with Gasteiger partial charge in [-0.3, -0.25) is 9.89 Å². The van der Waals surface area contributed by atoms with Crippen molar-refractivity contribution in [2.24, 2.45) is 0 Å². The molecule has 1 atom stereocenters. The second kappa shape index (κ2) is 6.01. The fraction of sp³-hybridized carbons (Fsp3) is 0.316. The Balaban J connectivity index is 1.37. The number of piperidine rings is 1. The number of aromatic nitrogens is 3. The first-order chi connectivity index (χ1) is 12.8. The molecule has 1 aromatic carbocycles. The molecule has 7 nitrogen and oxygen atoms in total. The summed E-state index contributed by atoms with van der Waals surface area (Å²) in [6, 6.07) is 9.43. The number of rotatable bonds is 2. The van der Waals surface area contributed by atoms with Gasteiger partial charge in [-0.05, 0) is 43.2 Å². The SMILES string of the molecule is O=C(c1ccc2c(c1)OCO2)N1CCC[C@@H](c2ccc3cn[nH]c3n2)C1. The first-order valence-electron chi connectivity index (χ1n) is 8.77. The number of likely N-dealkylation sites (tertiary alicyclic amines) is 1. The second-order valence-corrected chi connectivity index (χ2v) is 6.70. The largest absolute Gasteiger partial charge is 0.454 e.